The zero-order chi connectivity index (χ0) is 19.7. The van der Waals surface area contributed by atoms with Crippen LogP contribution in [-0.4, -0.2) is 33.9 Å². The lowest BCUT2D eigenvalue weighted by Crippen LogP contribution is -2.34. The van der Waals surface area contributed by atoms with Gasteiger partial charge in [0.2, 0.25) is 5.91 Å². The summed E-state index contributed by atoms with van der Waals surface area (Å²) in [6.07, 6.45) is 4.01. The van der Waals surface area contributed by atoms with E-state index in [9.17, 15) is 14.0 Å². The quantitative estimate of drug-likeness (QED) is 0.825. The maximum absolute atomic E-state index is 13.7. The van der Waals surface area contributed by atoms with Gasteiger partial charge in [-0.1, -0.05) is 0 Å². The molecule has 2 aromatic rings. The molecule has 1 aromatic carbocycles. The third kappa shape index (κ3) is 3.92. The van der Waals surface area contributed by atoms with E-state index in [1.807, 2.05) is 4.68 Å². The Morgan fingerprint density at radius 1 is 1.36 bits per heavy atom. The van der Waals surface area contributed by atoms with Gasteiger partial charge < -0.3 is 10.6 Å². The van der Waals surface area contributed by atoms with Crippen molar-refractivity contribution in [1.29, 1.82) is 0 Å². The Balaban J connectivity index is 1.50. The number of carbonyl (C=O) groups is 2. The summed E-state index contributed by atoms with van der Waals surface area (Å²) in [5.74, 6) is 0.672. The van der Waals surface area contributed by atoms with Gasteiger partial charge in [-0.3, -0.25) is 14.3 Å². The molecule has 2 N–H and O–H groups in total. The fraction of sp³-hybridized carbons (Fsp3) is 0.450. The Hall–Kier alpha value is -2.35. The molecule has 4 rings (SSSR count). The van der Waals surface area contributed by atoms with Crippen molar-refractivity contribution in [1.82, 2.24) is 20.4 Å². The Bertz CT molecular complexity index is 914. The van der Waals surface area contributed by atoms with Gasteiger partial charge in [-0.15, -0.1) is 11.8 Å². The second-order valence-electron chi connectivity index (χ2n) is 7.37. The predicted octanol–water partition coefficient (Wildman–Crippen LogP) is 2.69. The molecule has 0 aliphatic carbocycles. The van der Waals surface area contributed by atoms with Crippen LogP contribution in [0.4, 0.5) is 4.39 Å². The summed E-state index contributed by atoms with van der Waals surface area (Å²) in [5, 5.41) is 10.3. The van der Waals surface area contributed by atoms with Crippen LogP contribution in [0.15, 0.2) is 29.3 Å². The molecule has 6 nitrogen and oxygen atoms in total. The van der Waals surface area contributed by atoms with E-state index in [2.05, 4.69) is 15.7 Å². The number of fused-ring (bicyclic) bond motifs is 2. The number of nitrogens with zero attached hydrogens (tertiary/aromatic N) is 2. The summed E-state index contributed by atoms with van der Waals surface area (Å²) in [7, 11) is 0. The van der Waals surface area contributed by atoms with Gasteiger partial charge >= 0.3 is 0 Å². The van der Waals surface area contributed by atoms with Crippen LogP contribution >= 0.6 is 11.8 Å². The molecule has 8 heteroatoms. The first kappa shape index (κ1) is 19.0. The van der Waals surface area contributed by atoms with Gasteiger partial charge in [0, 0.05) is 30.7 Å². The average molecular weight is 402 g/mol. The van der Waals surface area contributed by atoms with Crippen molar-refractivity contribution in [2.45, 2.75) is 43.7 Å². The first-order chi connectivity index (χ1) is 13.5. The number of hydrogen-bond acceptors (Lipinski definition) is 4. The molecular formula is C20H23FN4O2S. The number of nitrogens with one attached hydrogen (secondary N) is 2. The molecule has 0 spiro atoms. The van der Waals surface area contributed by atoms with Gasteiger partial charge in [0.25, 0.3) is 5.91 Å². The molecular weight excluding hydrogens is 379 g/mol. The maximum atomic E-state index is 13.7. The van der Waals surface area contributed by atoms with Crippen LogP contribution in [0.2, 0.25) is 0 Å². The molecule has 0 radical (unpaired) electrons. The molecule has 28 heavy (non-hydrogen) atoms. The minimum atomic E-state index is -0.288. The topological polar surface area (TPSA) is 76.0 Å². The number of benzene rings is 1. The van der Waals surface area contributed by atoms with Crippen LogP contribution in [-0.2, 0) is 17.8 Å². The average Bonchev–Trinajstić information content (AvgIpc) is 3.10. The molecule has 0 saturated carbocycles. The van der Waals surface area contributed by atoms with Gasteiger partial charge in [0.05, 0.1) is 23.5 Å². The zero-order valence-electron chi connectivity index (χ0n) is 15.7. The first-order valence-corrected chi connectivity index (χ1v) is 10.5. The SMILES string of the molecule is CC(=O)NCC1CCn2ncc(C(=O)NC3CCSc4ccc(F)cc43)c2C1. The van der Waals surface area contributed by atoms with Gasteiger partial charge in [-0.2, -0.15) is 5.10 Å². The molecule has 2 aliphatic heterocycles. The summed E-state index contributed by atoms with van der Waals surface area (Å²) in [4.78, 5) is 25.2. The minimum Gasteiger partial charge on any atom is -0.356 e. The predicted molar refractivity (Wildman–Crippen MR) is 105 cm³/mol. The van der Waals surface area contributed by atoms with Crippen LogP contribution in [0.5, 0.6) is 0 Å². The van der Waals surface area contributed by atoms with Crippen LogP contribution in [0, 0.1) is 11.7 Å². The molecule has 148 valence electrons. The van der Waals surface area contributed by atoms with E-state index in [0.29, 0.717) is 24.4 Å². The summed E-state index contributed by atoms with van der Waals surface area (Å²) < 4.78 is 15.6. The number of amides is 2. The highest BCUT2D eigenvalue weighted by Gasteiger charge is 2.28. The first-order valence-electron chi connectivity index (χ1n) is 9.53. The van der Waals surface area contributed by atoms with Gasteiger partial charge in [0.15, 0.2) is 0 Å². The van der Waals surface area contributed by atoms with E-state index >= 15 is 0 Å². The van der Waals surface area contributed by atoms with Crippen LogP contribution in [0.3, 0.4) is 0 Å². The lowest BCUT2D eigenvalue weighted by Gasteiger charge is -2.27. The van der Waals surface area contributed by atoms with Crippen molar-refractivity contribution in [3.63, 3.8) is 0 Å². The third-order valence-corrected chi connectivity index (χ3v) is 6.50. The normalized spacial score (nSPS) is 20.8. The molecule has 3 heterocycles. The zero-order valence-corrected chi connectivity index (χ0v) is 16.5. The number of aromatic nitrogens is 2. The highest BCUT2D eigenvalue weighted by atomic mass is 32.2. The molecule has 0 fully saturated rings. The van der Waals surface area contributed by atoms with E-state index in [1.54, 1.807) is 24.0 Å². The number of aryl methyl sites for hydroxylation is 1. The summed E-state index contributed by atoms with van der Waals surface area (Å²) >= 11 is 1.69. The van der Waals surface area contributed by atoms with Crippen LogP contribution in [0.1, 0.15) is 47.4 Å². The Kier molecular flexibility index (Phi) is 5.39. The van der Waals surface area contributed by atoms with Crippen LogP contribution in [0.25, 0.3) is 0 Å². The van der Waals surface area contributed by atoms with E-state index in [4.69, 9.17) is 0 Å². The molecule has 2 aliphatic rings. The van der Waals surface area contributed by atoms with E-state index in [1.165, 1.54) is 19.1 Å². The molecule has 2 amide bonds. The van der Waals surface area contributed by atoms with Crippen molar-refractivity contribution in [3.05, 3.63) is 47.0 Å². The van der Waals surface area contributed by atoms with Crippen molar-refractivity contribution in [2.24, 2.45) is 5.92 Å². The van der Waals surface area contributed by atoms with Crippen molar-refractivity contribution >= 4 is 23.6 Å². The van der Waals surface area contributed by atoms with E-state index < -0.39 is 0 Å². The van der Waals surface area contributed by atoms with E-state index in [0.717, 1.165) is 41.3 Å². The monoisotopic (exact) mass is 402 g/mol. The van der Waals surface area contributed by atoms with Crippen LogP contribution < -0.4 is 10.6 Å². The van der Waals surface area contributed by atoms with Gasteiger partial charge in [-0.05, 0) is 48.9 Å². The van der Waals surface area contributed by atoms with Crippen molar-refractivity contribution in [2.75, 3.05) is 12.3 Å². The second-order valence-corrected chi connectivity index (χ2v) is 8.51. The van der Waals surface area contributed by atoms with E-state index in [-0.39, 0.29) is 23.7 Å². The number of carbonyl (C=O) groups excluding carboxylic acids is 2. The number of thioether (sulfide) groups is 1. The fourth-order valence-electron chi connectivity index (χ4n) is 3.90. The highest BCUT2D eigenvalue weighted by molar-refractivity contribution is 7.99. The number of halogens is 1. The molecule has 2 unspecified atom stereocenters. The van der Waals surface area contributed by atoms with Gasteiger partial charge in [-0.25, -0.2) is 4.39 Å². The molecule has 0 bridgehead atoms. The second kappa shape index (κ2) is 7.95. The summed E-state index contributed by atoms with van der Waals surface area (Å²) in [6, 6.07) is 4.55. The highest BCUT2D eigenvalue weighted by Crippen LogP contribution is 2.36. The Labute approximate surface area is 167 Å². The van der Waals surface area contributed by atoms with Crippen molar-refractivity contribution < 1.29 is 14.0 Å². The smallest absolute Gasteiger partial charge is 0.255 e. The fourth-order valence-corrected chi connectivity index (χ4v) is 5.01. The molecule has 0 saturated heterocycles. The standard InChI is InChI=1S/C20H23FN4O2S/c1-12(26)22-10-13-4-6-25-18(8-13)16(11-23-25)20(27)24-17-5-7-28-19-3-2-14(21)9-15(17)19/h2-3,9,11,13,17H,4-8,10H2,1H3,(H,22,26)(H,24,27). The van der Waals surface area contributed by atoms with Crippen molar-refractivity contribution in [3.8, 4) is 0 Å². The molecule has 1 aromatic heterocycles. The lowest BCUT2D eigenvalue weighted by atomic mass is 9.94. The van der Waals surface area contributed by atoms with Gasteiger partial charge in [0.1, 0.15) is 5.82 Å². The largest absolute Gasteiger partial charge is 0.356 e. The summed E-state index contributed by atoms with van der Waals surface area (Å²) in [5.41, 5.74) is 2.32. The molecule has 2 atom stereocenters. The Morgan fingerprint density at radius 3 is 3.04 bits per heavy atom. The summed E-state index contributed by atoms with van der Waals surface area (Å²) in [6.45, 7) is 2.85. The third-order valence-electron chi connectivity index (χ3n) is 5.38. The number of hydrogen-bond donors (Lipinski definition) is 2. The number of rotatable bonds is 4. The maximum Gasteiger partial charge on any atom is 0.255 e. The minimum absolute atomic E-state index is 0.0434. The lowest BCUT2D eigenvalue weighted by molar-refractivity contribution is -0.119. The Morgan fingerprint density at radius 2 is 2.21 bits per heavy atom.